The molecule has 4 aromatic rings. The summed E-state index contributed by atoms with van der Waals surface area (Å²) in [6, 6.07) is 28.2. The zero-order chi connectivity index (χ0) is 24.3. The molecule has 0 spiro atoms. The maximum Gasteiger partial charge on any atom is 0.309 e. The number of carbonyl (C=O) groups is 1. The molecule has 0 atom stereocenters. The van der Waals surface area contributed by atoms with Gasteiger partial charge in [-0.3, -0.25) is 4.79 Å². The topological polar surface area (TPSA) is 42.2 Å². The quantitative estimate of drug-likeness (QED) is 0.331. The maximum atomic E-state index is 11.7. The summed E-state index contributed by atoms with van der Waals surface area (Å²) < 4.78 is 2.24. The van der Waals surface area contributed by atoms with Crippen molar-refractivity contribution in [1.29, 1.82) is 0 Å². The van der Waals surface area contributed by atoms with Crippen LogP contribution in [-0.2, 0) is 24.2 Å². The molecule has 0 aliphatic carbocycles. The Hall–Kier alpha value is -3.30. The van der Waals surface area contributed by atoms with Crippen molar-refractivity contribution in [2.24, 2.45) is 5.41 Å². The van der Waals surface area contributed by atoms with Crippen molar-refractivity contribution in [3.63, 3.8) is 0 Å². The third kappa shape index (κ3) is 5.26. The summed E-state index contributed by atoms with van der Waals surface area (Å²) in [4.78, 5) is 11.7. The highest BCUT2D eigenvalue weighted by atomic mass is 35.5. The SMILES string of the molecule is CC1(C)Cc2c(-c3ccccc3)c(-c3ccc(Cl)cc3)c(CC(=O)O)n2C1.Cc1ccccc1. The van der Waals surface area contributed by atoms with Crippen molar-refractivity contribution in [3.05, 3.63) is 107 Å². The standard InChI is InChI=1S/C23H22ClNO2.C7H8/c1-23(2)13-19-22(15-6-4-3-5-7-15)21(16-8-10-17(24)11-9-16)18(12-20(26)27)25(19)14-23;1-7-5-3-2-4-6-7/h3-11H,12-14H2,1-2H3,(H,26,27);2-6H,1H3. The number of hydrogen-bond acceptors (Lipinski definition) is 1. The van der Waals surface area contributed by atoms with Gasteiger partial charge in [-0.15, -0.1) is 0 Å². The first kappa shape index (κ1) is 23.8. The number of carboxylic acids is 1. The Bertz CT molecular complexity index is 1270. The molecule has 0 bridgehead atoms. The monoisotopic (exact) mass is 471 g/mol. The van der Waals surface area contributed by atoms with Crippen molar-refractivity contribution >= 4 is 17.6 Å². The molecule has 34 heavy (non-hydrogen) atoms. The Morgan fingerprint density at radius 2 is 1.44 bits per heavy atom. The van der Waals surface area contributed by atoms with Gasteiger partial charge in [0.2, 0.25) is 0 Å². The van der Waals surface area contributed by atoms with Gasteiger partial charge in [-0.05, 0) is 42.0 Å². The van der Waals surface area contributed by atoms with Gasteiger partial charge in [0, 0.05) is 34.1 Å². The van der Waals surface area contributed by atoms with Gasteiger partial charge in [0.05, 0.1) is 6.42 Å². The average molecular weight is 472 g/mol. The lowest BCUT2D eigenvalue weighted by Crippen LogP contribution is -2.15. The minimum Gasteiger partial charge on any atom is -0.481 e. The molecule has 1 aliphatic rings. The van der Waals surface area contributed by atoms with E-state index in [9.17, 15) is 9.90 Å². The van der Waals surface area contributed by atoms with Crippen LogP contribution in [0.2, 0.25) is 5.02 Å². The van der Waals surface area contributed by atoms with Crippen LogP contribution in [0.1, 0.15) is 30.8 Å². The van der Waals surface area contributed by atoms with Gasteiger partial charge >= 0.3 is 5.97 Å². The van der Waals surface area contributed by atoms with Crippen LogP contribution in [0.25, 0.3) is 22.3 Å². The highest BCUT2D eigenvalue weighted by Crippen LogP contribution is 2.47. The summed E-state index contributed by atoms with van der Waals surface area (Å²) in [5.74, 6) is -0.810. The van der Waals surface area contributed by atoms with E-state index in [0.717, 1.165) is 40.9 Å². The van der Waals surface area contributed by atoms with Gasteiger partial charge in [-0.1, -0.05) is 104 Å². The van der Waals surface area contributed by atoms with Crippen molar-refractivity contribution < 1.29 is 9.90 Å². The molecule has 0 saturated carbocycles. The number of carboxylic acid groups (broad SMARTS) is 1. The van der Waals surface area contributed by atoms with Crippen LogP contribution >= 0.6 is 11.6 Å². The zero-order valence-electron chi connectivity index (χ0n) is 19.9. The van der Waals surface area contributed by atoms with Gasteiger partial charge in [0.15, 0.2) is 0 Å². The summed E-state index contributed by atoms with van der Waals surface area (Å²) in [5, 5.41) is 10.3. The van der Waals surface area contributed by atoms with Gasteiger partial charge in [0.1, 0.15) is 0 Å². The van der Waals surface area contributed by atoms with E-state index in [1.165, 1.54) is 11.3 Å². The number of aromatic nitrogens is 1. The van der Waals surface area contributed by atoms with Gasteiger partial charge in [-0.2, -0.15) is 0 Å². The number of hydrogen-bond donors (Lipinski definition) is 1. The number of benzene rings is 3. The largest absolute Gasteiger partial charge is 0.481 e. The number of halogens is 1. The van der Waals surface area contributed by atoms with E-state index in [4.69, 9.17) is 11.6 Å². The predicted octanol–water partition coefficient (Wildman–Crippen LogP) is 7.68. The molecule has 3 aromatic carbocycles. The Balaban J connectivity index is 0.000000336. The fraction of sp³-hybridized carbons (Fsp3) is 0.233. The van der Waals surface area contributed by atoms with Crippen LogP contribution in [0.15, 0.2) is 84.9 Å². The van der Waals surface area contributed by atoms with Gasteiger partial charge in [-0.25, -0.2) is 0 Å². The molecule has 0 radical (unpaired) electrons. The predicted molar refractivity (Wildman–Crippen MR) is 140 cm³/mol. The molecular formula is C30H30ClNO2. The lowest BCUT2D eigenvalue weighted by atomic mass is 9.86. The highest BCUT2D eigenvalue weighted by molar-refractivity contribution is 6.30. The molecule has 0 amide bonds. The Morgan fingerprint density at radius 1 is 0.882 bits per heavy atom. The maximum absolute atomic E-state index is 11.7. The third-order valence-electron chi connectivity index (χ3n) is 6.17. The van der Waals surface area contributed by atoms with Crippen LogP contribution in [0.3, 0.4) is 0 Å². The van der Waals surface area contributed by atoms with E-state index in [0.29, 0.717) is 5.02 Å². The minimum atomic E-state index is -0.810. The minimum absolute atomic E-state index is 0.00781. The van der Waals surface area contributed by atoms with E-state index >= 15 is 0 Å². The molecule has 174 valence electrons. The van der Waals surface area contributed by atoms with Crippen LogP contribution in [0.5, 0.6) is 0 Å². The van der Waals surface area contributed by atoms with Crippen LogP contribution < -0.4 is 0 Å². The number of fused-ring (bicyclic) bond motifs is 1. The fourth-order valence-electron chi connectivity index (χ4n) is 4.74. The molecule has 2 heterocycles. The number of aryl methyl sites for hydroxylation is 1. The second-order valence-corrected chi connectivity index (χ2v) is 10.1. The molecule has 1 aliphatic heterocycles. The normalized spacial score (nSPS) is 13.6. The lowest BCUT2D eigenvalue weighted by Gasteiger charge is -2.18. The molecule has 0 unspecified atom stereocenters. The molecule has 3 nitrogen and oxygen atoms in total. The summed E-state index contributed by atoms with van der Waals surface area (Å²) >= 11 is 6.09. The first-order valence-electron chi connectivity index (χ1n) is 11.5. The molecule has 5 rings (SSSR count). The number of aliphatic carboxylic acids is 1. The smallest absolute Gasteiger partial charge is 0.309 e. The molecule has 1 aromatic heterocycles. The number of nitrogens with zero attached hydrogens (tertiary/aromatic N) is 1. The van der Waals surface area contributed by atoms with E-state index in [2.05, 4.69) is 49.6 Å². The molecule has 1 N–H and O–H groups in total. The van der Waals surface area contributed by atoms with E-state index in [1.807, 2.05) is 60.7 Å². The van der Waals surface area contributed by atoms with Gasteiger partial charge < -0.3 is 9.67 Å². The van der Waals surface area contributed by atoms with Crippen molar-refractivity contribution in [2.75, 3.05) is 0 Å². The van der Waals surface area contributed by atoms with Crippen LogP contribution in [0, 0.1) is 12.3 Å². The van der Waals surface area contributed by atoms with E-state index in [-0.39, 0.29) is 11.8 Å². The summed E-state index contributed by atoms with van der Waals surface area (Å²) in [5.41, 5.74) is 7.85. The second-order valence-electron chi connectivity index (χ2n) is 9.67. The second kappa shape index (κ2) is 9.90. The van der Waals surface area contributed by atoms with Crippen molar-refractivity contribution in [2.45, 2.75) is 40.2 Å². The van der Waals surface area contributed by atoms with Gasteiger partial charge in [0.25, 0.3) is 0 Å². The Morgan fingerprint density at radius 3 is 1.97 bits per heavy atom. The lowest BCUT2D eigenvalue weighted by molar-refractivity contribution is -0.136. The molecular weight excluding hydrogens is 442 g/mol. The first-order chi connectivity index (χ1) is 16.2. The van der Waals surface area contributed by atoms with Crippen molar-refractivity contribution in [3.8, 4) is 22.3 Å². The zero-order valence-corrected chi connectivity index (χ0v) is 20.6. The first-order valence-corrected chi connectivity index (χ1v) is 11.9. The molecule has 0 saturated heterocycles. The van der Waals surface area contributed by atoms with Crippen LogP contribution in [0.4, 0.5) is 0 Å². The van der Waals surface area contributed by atoms with Crippen molar-refractivity contribution in [1.82, 2.24) is 4.57 Å². The fourth-order valence-corrected chi connectivity index (χ4v) is 4.86. The van der Waals surface area contributed by atoms with E-state index in [1.54, 1.807) is 0 Å². The summed E-state index contributed by atoms with van der Waals surface area (Å²) in [6.07, 6.45) is 0.936. The Labute approximate surface area is 206 Å². The van der Waals surface area contributed by atoms with Crippen LogP contribution in [-0.4, -0.2) is 15.6 Å². The Kier molecular flexibility index (Phi) is 6.95. The van der Waals surface area contributed by atoms with E-state index < -0.39 is 5.97 Å². The third-order valence-corrected chi connectivity index (χ3v) is 6.42. The molecule has 0 fully saturated rings. The summed E-state index contributed by atoms with van der Waals surface area (Å²) in [6.45, 7) is 7.39. The highest BCUT2D eigenvalue weighted by Gasteiger charge is 2.36. The summed E-state index contributed by atoms with van der Waals surface area (Å²) in [7, 11) is 0. The number of rotatable bonds is 4. The average Bonchev–Trinajstić information content (AvgIpc) is 3.26. The molecule has 4 heteroatoms.